The van der Waals surface area contributed by atoms with Crippen molar-refractivity contribution in [2.45, 2.75) is 20.0 Å². The van der Waals surface area contributed by atoms with Crippen LogP contribution in [-0.4, -0.2) is 30.9 Å². The van der Waals surface area contributed by atoms with Gasteiger partial charge in [-0.25, -0.2) is 4.79 Å². The average molecular weight is 307 g/mol. The molecule has 0 bridgehead atoms. The second-order valence-electron chi connectivity index (χ2n) is 3.74. The Bertz CT molecular complexity index is 491. The van der Waals surface area contributed by atoms with Gasteiger partial charge in [-0.3, -0.25) is 4.79 Å². The second-order valence-corrected chi connectivity index (χ2v) is 4.01. The summed E-state index contributed by atoms with van der Waals surface area (Å²) in [5.74, 6) is -1.76. The number of carbonyl (C=O) groups is 2. The van der Waals surface area contributed by atoms with Crippen LogP contribution in [0.1, 0.15) is 22.8 Å². The lowest BCUT2D eigenvalue weighted by Crippen LogP contribution is -2.14. The Kier molecular flexibility index (Phi) is 6.38. The first kappa shape index (κ1) is 16.4. The van der Waals surface area contributed by atoms with Gasteiger partial charge in [-0.2, -0.15) is 8.78 Å². The largest absolute Gasteiger partial charge is 0.462 e. The number of carbonyl (C=O) groups excluding carboxylic acids is 2. The van der Waals surface area contributed by atoms with E-state index in [1.165, 1.54) is 18.2 Å². The molecule has 0 atom stereocenters. The molecular weight excluding hydrogens is 294 g/mol. The van der Waals surface area contributed by atoms with Crippen LogP contribution in [0.4, 0.5) is 8.78 Å². The first-order valence-electron chi connectivity index (χ1n) is 5.81. The maximum Gasteiger partial charge on any atom is 0.387 e. The first-order chi connectivity index (χ1) is 9.49. The molecular formula is C13H13ClF2O4. The molecule has 0 radical (unpaired) electrons. The molecule has 0 saturated carbocycles. The number of alkyl halides is 3. The van der Waals surface area contributed by atoms with Crippen molar-refractivity contribution in [2.75, 3.05) is 12.5 Å². The summed E-state index contributed by atoms with van der Waals surface area (Å²) in [4.78, 5) is 23.0. The van der Waals surface area contributed by atoms with Gasteiger partial charge in [-0.05, 0) is 13.0 Å². The number of para-hydroxylation sites is 1. The standard InChI is InChI=1S/C13H13ClF2O4/c1-2-19-12(18)10-5-3-4-8(6-9(17)7-14)11(10)20-13(15)16/h3-5,13H,2,6-7H2,1H3. The summed E-state index contributed by atoms with van der Waals surface area (Å²) in [6.07, 6.45) is -0.196. The van der Waals surface area contributed by atoms with E-state index >= 15 is 0 Å². The number of Topliss-reactive ketones (excluding diaryl/α,β-unsaturated/α-hetero) is 1. The summed E-state index contributed by atoms with van der Waals surface area (Å²) >= 11 is 5.38. The number of ether oxygens (including phenoxy) is 2. The Morgan fingerprint density at radius 2 is 2.05 bits per heavy atom. The SMILES string of the molecule is CCOC(=O)c1cccc(CC(=O)CCl)c1OC(F)F. The van der Waals surface area contributed by atoms with Crippen molar-refractivity contribution in [3.63, 3.8) is 0 Å². The maximum atomic E-state index is 12.5. The molecule has 1 rings (SSSR count). The molecule has 0 N–H and O–H groups in total. The van der Waals surface area contributed by atoms with Crippen LogP contribution in [0.3, 0.4) is 0 Å². The molecule has 0 aliphatic heterocycles. The summed E-state index contributed by atoms with van der Waals surface area (Å²) in [5, 5.41) is 0. The van der Waals surface area contributed by atoms with Crippen LogP contribution >= 0.6 is 11.6 Å². The van der Waals surface area contributed by atoms with Crippen molar-refractivity contribution in [3.05, 3.63) is 29.3 Å². The van der Waals surface area contributed by atoms with E-state index in [1.807, 2.05) is 0 Å². The van der Waals surface area contributed by atoms with Crippen molar-refractivity contribution in [1.29, 1.82) is 0 Å². The van der Waals surface area contributed by atoms with Crippen LogP contribution in [-0.2, 0) is 16.0 Å². The van der Waals surface area contributed by atoms with Gasteiger partial charge in [0.15, 0.2) is 5.78 Å². The van der Waals surface area contributed by atoms with E-state index < -0.39 is 12.6 Å². The predicted octanol–water partition coefficient (Wildman–Crippen LogP) is 2.82. The number of hydrogen-bond donors (Lipinski definition) is 0. The predicted molar refractivity (Wildman–Crippen MR) is 68.5 cm³/mol. The molecule has 110 valence electrons. The fourth-order valence-electron chi connectivity index (χ4n) is 1.58. The van der Waals surface area contributed by atoms with Gasteiger partial charge < -0.3 is 9.47 Å². The lowest BCUT2D eigenvalue weighted by Gasteiger charge is -2.14. The fraction of sp³-hybridized carbons (Fsp3) is 0.385. The Balaban J connectivity index is 3.19. The zero-order chi connectivity index (χ0) is 15.1. The maximum absolute atomic E-state index is 12.5. The molecule has 7 heteroatoms. The van der Waals surface area contributed by atoms with Gasteiger partial charge in [0.05, 0.1) is 12.5 Å². The molecule has 0 aliphatic rings. The van der Waals surface area contributed by atoms with Crippen LogP contribution in [0.25, 0.3) is 0 Å². The molecule has 0 aliphatic carbocycles. The number of benzene rings is 1. The summed E-state index contributed by atoms with van der Waals surface area (Å²) < 4.78 is 34.0. The number of halogens is 3. The lowest BCUT2D eigenvalue weighted by atomic mass is 10.0. The lowest BCUT2D eigenvalue weighted by molar-refractivity contribution is -0.116. The fourth-order valence-corrected chi connectivity index (χ4v) is 1.68. The van der Waals surface area contributed by atoms with E-state index in [4.69, 9.17) is 16.3 Å². The molecule has 0 saturated heterocycles. The van der Waals surface area contributed by atoms with E-state index in [0.29, 0.717) is 0 Å². The van der Waals surface area contributed by atoms with E-state index in [9.17, 15) is 18.4 Å². The van der Waals surface area contributed by atoms with Crippen molar-refractivity contribution in [3.8, 4) is 5.75 Å². The zero-order valence-corrected chi connectivity index (χ0v) is 11.5. The quantitative estimate of drug-likeness (QED) is 0.574. The highest BCUT2D eigenvalue weighted by atomic mass is 35.5. The molecule has 0 aromatic heterocycles. The van der Waals surface area contributed by atoms with Gasteiger partial charge in [-0.15, -0.1) is 11.6 Å². The minimum absolute atomic E-state index is 0.0950. The van der Waals surface area contributed by atoms with Crippen LogP contribution in [0.15, 0.2) is 18.2 Å². The summed E-state index contributed by atoms with van der Waals surface area (Å²) in [5.41, 5.74) is 0.0218. The number of rotatable bonds is 7. The Morgan fingerprint density at radius 3 is 2.60 bits per heavy atom. The normalized spacial score (nSPS) is 10.4. The van der Waals surface area contributed by atoms with Gasteiger partial charge in [-0.1, -0.05) is 12.1 Å². The average Bonchev–Trinajstić information content (AvgIpc) is 2.40. The van der Waals surface area contributed by atoms with E-state index in [1.54, 1.807) is 6.92 Å². The van der Waals surface area contributed by atoms with E-state index in [-0.39, 0.29) is 41.6 Å². The van der Waals surface area contributed by atoms with Crippen molar-refractivity contribution in [1.82, 2.24) is 0 Å². The Hall–Kier alpha value is -1.69. The zero-order valence-electron chi connectivity index (χ0n) is 10.7. The van der Waals surface area contributed by atoms with Crippen molar-refractivity contribution in [2.24, 2.45) is 0 Å². The number of ketones is 1. The monoisotopic (exact) mass is 306 g/mol. The van der Waals surface area contributed by atoms with Crippen molar-refractivity contribution >= 4 is 23.4 Å². The third-order valence-corrected chi connectivity index (χ3v) is 2.63. The molecule has 0 fully saturated rings. The highest BCUT2D eigenvalue weighted by Crippen LogP contribution is 2.27. The van der Waals surface area contributed by atoms with Crippen LogP contribution in [0, 0.1) is 0 Å². The topological polar surface area (TPSA) is 52.6 Å². The van der Waals surface area contributed by atoms with Gasteiger partial charge in [0.25, 0.3) is 0 Å². The Labute approximate surface area is 119 Å². The second kappa shape index (κ2) is 7.79. The van der Waals surface area contributed by atoms with Crippen LogP contribution in [0.2, 0.25) is 0 Å². The van der Waals surface area contributed by atoms with Gasteiger partial charge in [0.1, 0.15) is 11.3 Å². The van der Waals surface area contributed by atoms with E-state index in [2.05, 4.69) is 4.74 Å². The van der Waals surface area contributed by atoms with Crippen molar-refractivity contribution < 1.29 is 27.8 Å². The molecule has 0 heterocycles. The summed E-state index contributed by atoms with van der Waals surface area (Å²) in [6.45, 7) is -1.43. The minimum Gasteiger partial charge on any atom is -0.462 e. The van der Waals surface area contributed by atoms with Gasteiger partial charge >= 0.3 is 12.6 Å². The van der Waals surface area contributed by atoms with Crippen LogP contribution < -0.4 is 4.74 Å². The third kappa shape index (κ3) is 4.45. The number of esters is 1. The molecule has 0 amide bonds. The third-order valence-electron chi connectivity index (χ3n) is 2.34. The Morgan fingerprint density at radius 1 is 1.35 bits per heavy atom. The molecule has 1 aromatic rings. The number of hydrogen-bond acceptors (Lipinski definition) is 4. The highest BCUT2D eigenvalue weighted by molar-refractivity contribution is 6.27. The van der Waals surface area contributed by atoms with Gasteiger partial charge in [0.2, 0.25) is 0 Å². The van der Waals surface area contributed by atoms with E-state index in [0.717, 1.165) is 0 Å². The highest BCUT2D eigenvalue weighted by Gasteiger charge is 2.21. The smallest absolute Gasteiger partial charge is 0.387 e. The summed E-state index contributed by atoms with van der Waals surface area (Å²) in [7, 11) is 0. The molecule has 4 nitrogen and oxygen atoms in total. The summed E-state index contributed by atoms with van der Waals surface area (Å²) in [6, 6.07) is 4.18. The van der Waals surface area contributed by atoms with Crippen LogP contribution in [0.5, 0.6) is 5.75 Å². The molecule has 0 unspecified atom stereocenters. The molecule has 0 spiro atoms. The minimum atomic E-state index is -3.12. The van der Waals surface area contributed by atoms with Gasteiger partial charge in [0, 0.05) is 12.0 Å². The molecule has 20 heavy (non-hydrogen) atoms. The first-order valence-corrected chi connectivity index (χ1v) is 6.34. The molecule has 1 aromatic carbocycles.